The van der Waals surface area contributed by atoms with Gasteiger partial charge < -0.3 is 20.9 Å². The molecule has 0 bridgehead atoms. The third-order valence-corrected chi connectivity index (χ3v) is 6.61. The normalized spacial score (nSPS) is 10.9. The van der Waals surface area contributed by atoms with Crippen LogP contribution in [-0.4, -0.2) is 63.6 Å². The standard InChI is InChI=1S/C24H31ClN8O3S/c1-15-7-6-8-17(25)22(15)31-23(35)18-14-27-24(37-18)30-20-13-19(28-16(2)29-20)26-10-12-33(3)11-5-4-9-21(34)32-36/h6-8,13-14,36H,4-5,9-12H2,1-3H3,(H,31,35)(H,32,34)(H2,26,27,28,29,30). The molecule has 37 heavy (non-hydrogen) atoms. The summed E-state index contributed by atoms with van der Waals surface area (Å²) in [7, 11) is 2.01. The van der Waals surface area contributed by atoms with Crippen molar-refractivity contribution in [3.8, 4) is 0 Å². The maximum Gasteiger partial charge on any atom is 0.267 e. The third-order valence-electron chi connectivity index (χ3n) is 5.38. The zero-order valence-electron chi connectivity index (χ0n) is 21.0. The van der Waals surface area contributed by atoms with Crippen LogP contribution < -0.4 is 21.4 Å². The first kappa shape index (κ1) is 28.3. The maximum atomic E-state index is 12.7. The Bertz CT molecular complexity index is 1200. The number of amides is 2. The summed E-state index contributed by atoms with van der Waals surface area (Å²) in [5.41, 5.74) is 3.10. The second-order valence-electron chi connectivity index (χ2n) is 8.45. The largest absolute Gasteiger partial charge is 0.369 e. The fourth-order valence-electron chi connectivity index (χ4n) is 3.44. The van der Waals surface area contributed by atoms with Crippen LogP contribution in [0.3, 0.4) is 0 Å². The molecule has 3 rings (SSSR count). The quantitative estimate of drug-likeness (QED) is 0.121. The molecule has 0 fully saturated rings. The van der Waals surface area contributed by atoms with Gasteiger partial charge in [0.1, 0.15) is 22.3 Å². The molecule has 0 aliphatic carbocycles. The minimum atomic E-state index is -0.364. The smallest absolute Gasteiger partial charge is 0.267 e. The minimum absolute atomic E-state index is 0.288. The predicted molar refractivity (Wildman–Crippen MR) is 146 cm³/mol. The summed E-state index contributed by atoms with van der Waals surface area (Å²) in [4.78, 5) is 39.5. The van der Waals surface area contributed by atoms with Crippen molar-refractivity contribution < 1.29 is 14.8 Å². The molecule has 13 heteroatoms. The monoisotopic (exact) mass is 546 g/mol. The van der Waals surface area contributed by atoms with E-state index in [0.717, 1.165) is 25.1 Å². The van der Waals surface area contributed by atoms with Crippen LogP contribution in [0.25, 0.3) is 0 Å². The van der Waals surface area contributed by atoms with Gasteiger partial charge in [0.15, 0.2) is 5.13 Å². The predicted octanol–water partition coefficient (Wildman–Crippen LogP) is 4.22. The molecule has 5 N–H and O–H groups in total. The van der Waals surface area contributed by atoms with Crippen LogP contribution >= 0.6 is 22.9 Å². The lowest BCUT2D eigenvalue weighted by Crippen LogP contribution is -2.26. The first-order valence-electron chi connectivity index (χ1n) is 11.8. The van der Waals surface area contributed by atoms with Crippen LogP contribution in [0, 0.1) is 13.8 Å². The molecule has 2 heterocycles. The first-order valence-corrected chi connectivity index (χ1v) is 12.9. The molecule has 0 aliphatic heterocycles. The summed E-state index contributed by atoms with van der Waals surface area (Å²) < 4.78 is 0. The van der Waals surface area contributed by atoms with Gasteiger partial charge in [0.25, 0.3) is 5.91 Å². The number of halogens is 1. The van der Waals surface area contributed by atoms with Crippen LogP contribution in [0.15, 0.2) is 30.5 Å². The van der Waals surface area contributed by atoms with Gasteiger partial charge in [-0.3, -0.25) is 14.8 Å². The molecule has 0 spiro atoms. The van der Waals surface area contributed by atoms with Crippen molar-refractivity contribution in [1.82, 2.24) is 25.3 Å². The number of hydroxylamine groups is 1. The number of carbonyl (C=O) groups is 2. The first-order chi connectivity index (χ1) is 17.7. The molecule has 0 radical (unpaired) electrons. The maximum absolute atomic E-state index is 12.7. The Morgan fingerprint density at radius 3 is 2.68 bits per heavy atom. The number of aryl methyl sites for hydroxylation is 2. The number of carbonyl (C=O) groups excluding carboxylic acids is 2. The molecule has 0 aliphatic rings. The molecule has 1 aromatic carbocycles. The molecule has 0 saturated heterocycles. The van der Waals surface area contributed by atoms with Crippen molar-refractivity contribution in [3.05, 3.63) is 51.7 Å². The molecule has 2 aromatic heterocycles. The summed E-state index contributed by atoms with van der Waals surface area (Å²) in [6, 6.07) is 7.23. The van der Waals surface area contributed by atoms with Gasteiger partial charge in [0.2, 0.25) is 5.91 Å². The molecular weight excluding hydrogens is 516 g/mol. The number of aromatic nitrogens is 3. The van der Waals surface area contributed by atoms with Gasteiger partial charge in [-0.25, -0.2) is 20.4 Å². The van der Waals surface area contributed by atoms with Crippen LogP contribution in [0.5, 0.6) is 0 Å². The van der Waals surface area contributed by atoms with Crippen LogP contribution in [0.4, 0.5) is 22.5 Å². The number of hydrogen-bond donors (Lipinski definition) is 5. The van der Waals surface area contributed by atoms with Gasteiger partial charge in [0, 0.05) is 25.6 Å². The van der Waals surface area contributed by atoms with E-state index < -0.39 is 0 Å². The van der Waals surface area contributed by atoms with E-state index >= 15 is 0 Å². The summed E-state index contributed by atoms with van der Waals surface area (Å²) >= 11 is 7.43. The molecule has 2 amide bonds. The number of unbranched alkanes of at least 4 members (excludes halogenated alkanes) is 1. The lowest BCUT2D eigenvalue weighted by molar-refractivity contribution is -0.129. The van der Waals surface area contributed by atoms with E-state index in [2.05, 4.69) is 35.8 Å². The van der Waals surface area contributed by atoms with Crippen LogP contribution in [0.2, 0.25) is 5.02 Å². The molecule has 0 saturated carbocycles. The Kier molecular flexibility index (Phi) is 10.6. The van der Waals surface area contributed by atoms with Crippen molar-refractivity contribution in [3.63, 3.8) is 0 Å². The van der Waals surface area contributed by atoms with E-state index in [9.17, 15) is 9.59 Å². The molecule has 11 nitrogen and oxygen atoms in total. The Hall–Kier alpha value is -3.32. The van der Waals surface area contributed by atoms with Crippen LogP contribution in [-0.2, 0) is 4.79 Å². The third kappa shape index (κ3) is 8.93. The van der Waals surface area contributed by atoms with E-state index in [1.54, 1.807) is 24.5 Å². The van der Waals surface area contributed by atoms with Gasteiger partial charge in [-0.1, -0.05) is 35.1 Å². The van der Waals surface area contributed by atoms with Crippen molar-refractivity contribution in [2.75, 3.05) is 42.6 Å². The zero-order valence-corrected chi connectivity index (χ0v) is 22.5. The number of para-hydroxylation sites is 1. The second-order valence-corrected chi connectivity index (χ2v) is 9.89. The highest BCUT2D eigenvalue weighted by atomic mass is 35.5. The number of rotatable bonds is 13. The lowest BCUT2D eigenvalue weighted by atomic mass is 10.2. The Balaban J connectivity index is 1.51. The van der Waals surface area contributed by atoms with E-state index in [-0.39, 0.29) is 11.8 Å². The molecular formula is C24H31ClN8O3S. The van der Waals surface area contributed by atoms with Crippen molar-refractivity contribution in [2.45, 2.75) is 33.1 Å². The topological polar surface area (TPSA) is 144 Å². The van der Waals surface area contributed by atoms with Gasteiger partial charge in [-0.2, -0.15) is 0 Å². The minimum Gasteiger partial charge on any atom is -0.369 e. The fraction of sp³-hybridized carbons (Fsp3) is 0.375. The summed E-state index contributed by atoms with van der Waals surface area (Å²) in [6.45, 7) is 5.98. The molecule has 0 atom stereocenters. The van der Waals surface area contributed by atoms with Gasteiger partial charge in [-0.15, -0.1) is 0 Å². The van der Waals surface area contributed by atoms with Crippen LogP contribution in [0.1, 0.15) is 40.3 Å². The van der Waals surface area contributed by atoms with E-state index in [0.29, 0.717) is 57.6 Å². The Morgan fingerprint density at radius 2 is 1.92 bits per heavy atom. The average Bonchev–Trinajstić information content (AvgIpc) is 3.32. The van der Waals surface area contributed by atoms with Gasteiger partial charge >= 0.3 is 0 Å². The number of thiazole rings is 1. The molecule has 198 valence electrons. The van der Waals surface area contributed by atoms with E-state index in [1.807, 2.05) is 26.1 Å². The van der Waals surface area contributed by atoms with Crippen molar-refractivity contribution in [2.24, 2.45) is 0 Å². The van der Waals surface area contributed by atoms with Gasteiger partial charge in [0.05, 0.1) is 16.9 Å². The highest BCUT2D eigenvalue weighted by Gasteiger charge is 2.14. The highest BCUT2D eigenvalue weighted by molar-refractivity contribution is 7.17. The number of anilines is 4. The number of benzene rings is 1. The van der Waals surface area contributed by atoms with E-state index in [1.165, 1.54) is 17.5 Å². The van der Waals surface area contributed by atoms with E-state index in [4.69, 9.17) is 16.8 Å². The van der Waals surface area contributed by atoms with Gasteiger partial charge in [-0.05, 0) is 51.9 Å². The van der Waals surface area contributed by atoms with Crippen molar-refractivity contribution in [1.29, 1.82) is 0 Å². The fourth-order valence-corrected chi connectivity index (χ4v) is 4.43. The molecule has 0 unspecified atom stereocenters. The van der Waals surface area contributed by atoms with Crippen molar-refractivity contribution >= 4 is 57.2 Å². The number of nitrogens with zero attached hydrogens (tertiary/aromatic N) is 4. The highest BCUT2D eigenvalue weighted by Crippen LogP contribution is 2.28. The SMILES string of the molecule is Cc1nc(NCCN(C)CCCCC(=O)NO)cc(Nc2ncc(C(=O)Nc3c(C)cccc3Cl)s2)n1. The lowest BCUT2D eigenvalue weighted by Gasteiger charge is -2.17. The second kappa shape index (κ2) is 13.8. The number of hydrogen-bond acceptors (Lipinski definition) is 10. The zero-order chi connectivity index (χ0) is 26.8. The summed E-state index contributed by atoms with van der Waals surface area (Å²) in [6.07, 6.45) is 3.39. The average molecular weight is 547 g/mol. The summed E-state index contributed by atoms with van der Waals surface area (Å²) in [5.74, 6) is 1.17. The Labute approximate surface area is 224 Å². The summed E-state index contributed by atoms with van der Waals surface area (Å²) in [5, 5.41) is 18.8. The number of likely N-dealkylation sites (N-methyl/N-ethyl adjacent to an activating group) is 1. The number of nitrogens with one attached hydrogen (secondary N) is 4. The molecule has 3 aromatic rings. The Morgan fingerprint density at radius 1 is 1.14 bits per heavy atom.